The SMILES string of the molecule is C=CN(CCCO[Si](C)(CCCN)OC)Cc1ccccc1.Cl. The van der Waals surface area contributed by atoms with E-state index in [4.69, 9.17) is 14.6 Å². The summed E-state index contributed by atoms with van der Waals surface area (Å²) in [6.07, 6.45) is 3.82. The molecule has 0 aliphatic heterocycles. The van der Waals surface area contributed by atoms with Gasteiger partial charge < -0.3 is 19.5 Å². The third kappa shape index (κ3) is 9.13. The summed E-state index contributed by atoms with van der Waals surface area (Å²) >= 11 is 0. The van der Waals surface area contributed by atoms with E-state index in [-0.39, 0.29) is 12.4 Å². The first-order valence-corrected chi connectivity index (χ1v) is 10.5. The van der Waals surface area contributed by atoms with Gasteiger partial charge in [0.15, 0.2) is 0 Å². The number of nitrogens with zero attached hydrogens (tertiary/aromatic N) is 1. The molecule has 0 bridgehead atoms. The summed E-state index contributed by atoms with van der Waals surface area (Å²) < 4.78 is 11.6. The lowest BCUT2D eigenvalue weighted by molar-refractivity contribution is 0.192. The van der Waals surface area contributed by atoms with Gasteiger partial charge in [0.2, 0.25) is 0 Å². The highest BCUT2D eigenvalue weighted by atomic mass is 35.5. The van der Waals surface area contributed by atoms with E-state index in [1.54, 1.807) is 7.11 Å². The molecule has 1 unspecified atom stereocenters. The molecule has 0 spiro atoms. The van der Waals surface area contributed by atoms with Crippen molar-refractivity contribution in [2.45, 2.75) is 32.0 Å². The zero-order chi connectivity index (χ0) is 16.3. The van der Waals surface area contributed by atoms with Crippen LogP contribution < -0.4 is 5.73 Å². The maximum absolute atomic E-state index is 6.03. The van der Waals surface area contributed by atoms with E-state index in [0.29, 0.717) is 6.54 Å². The number of benzene rings is 1. The predicted molar refractivity (Wildman–Crippen MR) is 102 cm³/mol. The van der Waals surface area contributed by atoms with Crippen LogP contribution in [0.15, 0.2) is 43.1 Å². The fourth-order valence-corrected chi connectivity index (χ4v) is 4.15. The van der Waals surface area contributed by atoms with Crippen molar-refractivity contribution >= 4 is 21.0 Å². The Kier molecular flexibility index (Phi) is 12.1. The molecule has 0 aromatic heterocycles. The summed E-state index contributed by atoms with van der Waals surface area (Å²) in [7, 11) is -0.281. The third-order valence-electron chi connectivity index (χ3n) is 3.75. The van der Waals surface area contributed by atoms with Crippen LogP contribution >= 0.6 is 12.4 Å². The van der Waals surface area contributed by atoms with Gasteiger partial charge >= 0.3 is 8.56 Å². The van der Waals surface area contributed by atoms with Crippen LogP contribution in [0.25, 0.3) is 0 Å². The van der Waals surface area contributed by atoms with E-state index < -0.39 is 8.56 Å². The molecular weight excluding hydrogens is 328 g/mol. The Hall–Kier alpha value is -0.853. The second-order valence-corrected chi connectivity index (χ2v) is 9.04. The van der Waals surface area contributed by atoms with E-state index in [1.165, 1.54) is 5.56 Å². The van der Waals surface area contributed by atoms with Crippen molar-refractivity contribution in [2.75, 3.05) is 26.8 Å². The van der Waals surface area contributed by atoms with Gasteiger partial charge in [0.1, 0.15) is 0 Å². The number of nitrogens with two attached hydrogens (primary N) is 1. The molecule has 1 rings (SSSR count). The highest BCUT2D eigenvalue weighted by Gasteiger charge is 2.29. The normalized spacial score (nSPS) is 13.0. The first-order chi connectivity index (χ1) is 10.6. The number of hydrogen-bond donors (Lipinski definition) is 1. The van der Waals surface area contributed by atoms with Gasteiger partial charge in [-0.1, -0.05) is 36.9 Å². The van der Waals surface area contributed by atoms with Crippen molar-refractivity contribution in [3.05, 3.63) is 48.7 Å². The number of halogens is 1. The van der Waals surface area contributed by atoms with Crippen molar-refractivity contribution in [2.24, 2.45) is 5.73 Å². The monoisotopic (exact) mass is 358 g/mol. The average Bonchev–Trinajstić information content (AvgIpc) is 2.56. The van der Waals surface area contributed by atoms with Gasteiger partial charge in [0.25, 0.3) is 0 Å². The number of rotatable bonds is 12. The van der Waals surface area contributed by atoms with Gasteiger partial charge in [0, 0.05) is 26.8 Å². The van der Waals surface area contributed by atoms with Crippen LogP contribution in [0.4, 0.5) is 0 Å². The molecule has 0 radical (unpaired) electrons. The zero-order valence-electron chi connectivity index (χ0n) is 14.4. The molecule has 1 atom stereocenters. The molecule has 0 fully saturated rings. The van der Waals surface area contributed by atoms with Crippen LogP contribution in [-0.2, 0) is 15.4 Å². The minimum atomic E-state index is -2.03. The molecule has 132 valence electrons. The number of hydrogen-bond acceptors (Lipinski definition) is 4. The summed E-state index contributed by atoms with van der Waals surface area (Å²) in [5.74, 6) is 0. The molecule has 0 heterocycles. The molecule has 0 aliphatic rings. The molecule has 6 heteroatoms. The van der Waals surface area contributed by atoms with E-state index in [2.05, 4.69) is 42.3 Å². The van der Waals surface area contributed by atoms with Gasteiger partial charge in [-0.25, -0.2) is 0 Å². The zero-order valence-corrected chi connectivity index (χ0v) is 16.2. The van der Waals surface area contributed by atoms with E-state index in [9.17, 15) is 0 Å². The molecular formula is C17H31ClN2O2Si. The Labute approximate surface area is 148 Å². The fraction of sp³-hybridized carbons (Fsp3) is 0.529. The predicted octanol–water partition coefficient (Wildman–Crippen LogP) is 3.53. The Morgan fingerprint density at radius 1 is 1.26 bits per heavy atom. The summed E-state index contributed by atoms with van der Waals surface area (Å²) in [5.41, 5.74) is 6.86. The van der Waals surface area contributed by atoms with E-state index in [1.807, 2.05) is 12.3 Å². The molecule has 1 aromatic carbocycles. The first kappa shape index (κ1) is 22.1. The first-order valence-electron chi connectivity index (χ1n) is 7.93. The average molecular weight is 359 g/mol. The third-order valence-corrected chi connectivity index (χ3v) is 6.69. The van der Waals surface area contributed by atoms with Gasteiger partial charge in [0.05, 0.1) is 0 Å². The topological polar surface area (TPSA) is 47.7 Å². The van der Waals surface area contributed by atoms with Crippen LogP contribution in [0.5, 0.6) is 0 Å². The second-order valence-electron chi connectivity index (χ2n) is 5.57. The molecule has 2 N–H and O–H groups in total. The highest BCUT2D eigenvalue weighted by molar-refractivity contribution is 6.65. The summed E-state index contributed by atoms with van der Waals surface area (Å²) in [6, 6.07) is 11.4. The molecule has 23 heavy (non-hydrogen) atoms. The second kappa shape index (κ2) is 12.6. The lowest BCUT2D eigenvalue weighted by Gasteiger charge is -2.26. The molecule has 0 aliphatic carbocycles. The van der Waals surface area contributed by atoms with Crippen molar-refractivity contribution < 1.29 is 8.85 Å². The largest absolute Gasteiger partial charge is 0.398 e. The van der Waals surface area contributed by atoms with Crippen LogP contribution in [0.1, 0.15) is 18.4 Å². The maximum atomic E-state index is 6.03. The summed E-state index contributed by atoms with van der Waals surface area (Å²) in [4.78, 5) is 2.21. The van der Waals surface area contributed by atoms with E-state index >= 15 is 0 Å². The Morgan fingerprint density at radius 2 is 1.96 bits per heavy atom. The van der Waals surface area contributed by atoms with E-state index in [0.717, 1.165) is 38.6 Å². The minimum Gasteiger partial charge on any atom is -0.398 e. The van der Waals surface area contributed by atoms with Crippen LogP contribution in [-0.4, -0.2) is 40.3 Å². The van der Waals surface area contributed by atoms with Gasteiger partial charge in [-0.2, -0.15) is 0 Å². The summed E-state index contributed by atoms with van der Waals surface area (Å²) in [6.45, 7) is 9.24. The standard InChI is InChI=1S/C17H30N2O2Si.ClH/c1-4-19(16-17-10-6-5-7-11-17)13-9-14-21-22(3,20-2)15-8-12-18;/h4-7,10-11H,1,8-9,12-16,18H2,2-3H3;1H. The molecule has 0 saturated carbocycles. The Bertz CT molecular complexity index is 422. The Morgan fingerprint density at radius 3 is 2.52 bits per heavy atom. The van der Waals surface area contributed by atoms with Gasteiger partial charge in [-0.05, 0) is 43.7 Å². The quantitative estimate of drug-likeness (QED) is 0.458. The van der Waals surface area contributed by atoms with Crippen LogP contribution in [0.3, 0.4) is 0 Å². The van der Waals surface area contributed by atoms with Crippen LogP contribution in [0, 0.1) is 0 Å². The lowest BCUT2D eigenvalue weighted by atomic mass is 10.2. The minimum absolute atomic E-state index is 0. The lowest BCUT2D eigenvalue weighted by Crippen LogP contribution is -2.38. The van der Waals surface area contributed by atoms with Crippen molar-refractivity contribution in [1.82, 2.24) is 4.90 Å². The summed E-state index contributed by atoms with van der Waals surface area (Å²) in [5, 5.41) is 0. The highest BCUT2D eigenvalue weighted by Crippen LogP contribution is 2.15. The van der Waals surface area contributed by atoms with Gasteiger partial charge in [-0.3, -0.25) is 0 Å². The molecule has 0 amide bonds. The van der Waals surface area contributed by atoms with Gasteiger partial charge in [-0.15, -0.1) is 12.4 Å². The van der Waals surface area contributed by atoms with Crippen molar-refractivity contribution in [3.63, 3.8) is 0 Å². The van der Waals surface area contributed by atoms with Crippen molar-refractivity contribution in [3.8, 4) is 0 Å². The van der Waals surface area contributed by atoms with Crippen LogP contribution in [0.2, 0.25) is 12.6 Å². The molecule has 1 aromatic rings. The van der Waals surface area contributed by atoms with Crippen molar-refractivity contribution in [1.29, 1.82) is 0 Å². The smallest absolute Gasteiger partial charge is 0.334 e. The maximum Gasteiger partial charge on any atom is 0.334 e. The molecule has 0 saturated heterocycles. The fourth-order valence-electron chi connectivity index (χ4n) is 2.26. The molecule has 4 nitrogen and oxygen atoms in total. The Balaban J connectivity index is 0.00000484.